The van der Waals surface area contributed by atoms with E-state index in [2.05, 4.69) is 21.2 Å². The minimum Gasteiger partial charge on any atom is -0.378 e. The maximum Gasteiger partial charge on any atom is 0.294 e. The molecule has 9 heteroatoms. The number of imide groups is 1. The van der Waals surface area contributed by atoms with Gasteiger partial charge in [0.25, 0.3) is 11.1 Å². The van der Waals surface area contributed by atoms with Crippen molar-refractivity contribution in [1.29, 1.82) is 0 Å². The van der Waals surface area contributed by atoms with Crippen LogP contribution in [0.1, 0.15) is 5.56 Å². The van der Waals surface area contributed by atoms with E-state index < -0.39 is 17.1 Å². The molecule has 0 aliphatic carbocycles. The normalized spacial score (nSPS) is 15.2. The summed E-state index contributed by atoms with van der Waals surface area (Å²) in [5.74, 6) is -0.969. The van der Waals surface area contributed by atoms with Crippen LogP contribution >= 0.6 is 39.3 Å². The van der Waals surface area contributed by atoms with Crippen LogP contribution in [0.2, 0.25) is 5.02 Å². The van der Waals surface area contributed by atoms with Crippen LogP contribution in [0.4, 0.5) is 16.2 Å². The number of carbonyl (C=O) groups is 3. The van der Waals surface area contributed by atoms with Gasteiger partial charge in [0.05, 0.1) is 9.93 Å². The molecular weight excluding hydrogens is 478 g/mol. The van der Waals surface area contributed by atoms with Crippen LogP contribution in [0, 0.1) is 0 Å². The largest absolute Gasteiger partial charge is 0.378 e. The van der Waals surface area contributed by atoms with E-state index in [4.69, 9.17) is 11.6 Å². The average Bonchev–Trinajstić information content (AvgIpc) is 2.92. The van der Waals surface area contributed by atoms with Crippen molar-refractivity contribution in [3.63, 3.8) is 0 Å². The molecule has 0 radical (unpaired) electrons. The highest BCUT2D eigenvalue weighted by Crippen LogP contribution is 2.32. The molecule has 6 nitrogen and oxygen atoms in total. The van der Waals surface area contributed by atoms with E-state index in [1.165, 1.54) is 0 Å². The maximum absolute atomic E-state index is 12.6. The fourth-order valence-electron chi connectivity index (χ4n) is 2.57. The molecule has 2 aromatic rings. The summed E-state index contributed by atoms with van der Waals surface area (Å²) >= 11 is 10.1. The Morgan fingerprint density at radius 1 is 1.21 bits per heavy atom. The summed E-state index contributed by atoms with van der Waals surface area (Å²) in [5.41, 5.74) is 2.31. The lowest BCUT2D eigenvalue weighted by molar-refractivity contribution is -0.127. The summed E-state index contributed by atoms with van der Waals surface area (Å²) in [5, 5.41) is 2.60. The fourth-order valence-corrected chi connectivity index (χ4v) is 3.84. The first-order chi connectivity index (χ1) is 13.7. The predicted molar refractivity (Wildman–Crippen MR) is 121 cm³/mol. The Balaban J connectivity index is 1.68. The van der Waals surface area contributed by atoms with Gasteiger partial charge in [-0.1, -0.05) is 23.7 Å². The summed E-state index contributed by atoms with van der Waals surface area (Å²) < 4.78 is 0.701. The lowest BCUT2D eigenvalue weighted by Crippen LogP contribution is -2.36. The number of rotatable bonds is 5. The number of nitrogens with zero attached hydrogens (tertiary/aromatic N) is 2. The quantitative estimate of drug-likeness (QED) is 0.602. The molecule has 2 aromatic carbocycles. The minimum absolute atomic E-state index is 0.284. The van der Waals surface area contributed by atoms with E-state index in [0.29, 0.717) is 15.2 Å². The van der Waals surface area contributed by atoms with Gasteiger partial charge in [0.2, 0.25) is 5.91 Å². The standard InChI is InChI=1S/C20H17BrClN3O3S/c1-24(2)14-6-3-12(4-7-14)9-17-19(27)25(20(28)29-17)11-18(26)23-13-5-8-15(21)16(22)10-13/h3-10H,11H2,1-2H3,(H,23,26)/b17-9+. The summed E-state index contributed by atoms with van der Waals surface area (Å²) in [7, 11) is 3.88. The number of anilines is 2. The summed E-state index contributed by atoms with van der Waals surface area (Å²) in [6, 6.07) is 12.5. The van der Waals surface area contributed by atoms with Gasteiger partial charge >= 0.3 is 0 Å². The molecule has 1 saturated heterocycles. The zero-order valence-corrected chi connectivity index (χ0v) is 18.8. The highest BCUT2D eigenvalue weighted by atomic mass is 79.9. The SMILES string of the molecule is CN(C)c1ccc(/C=C2/SC(=O)N(CC(=O)Nc3ccc(Br)c(Cl)c3)C2=O)cc1. The zero-order chi connectivity index (χ0) is 21.1. The van der Waals surface area contributed by atoms with Gasteiger partial charge in [-0.2, -0.15) is 0 Å². The van der Waals surface area contributed by atoms with Crippen molar-refractivity contribution in [1.82, 2.24) is 4.90 Å². The van der Waals surface area contributed by atoms with E-state index in [-0.39, 0.29) is 11.4 Å². The molecule has 29 heavy (non-hydrogen) atoms. The molecule has 1 heterocycles. The molecule has 3 amide bonds. The van der Waals surface area contributed by atoms with Crippen molar-refractivity contribution in [2.24, 2.45) is 0 Å². The fraction of sp³-hybridized carbons (Fsp3) is 0.150. The average molecular weight is 495 g/mol. The van der Waals surface area contributed by atoms with Crippen molar-refractivity contribution in [2.45, 2.75) is 0 Å². The van der Waals surface area contributed by atoms with E-state index in [1.54, 1.807) is 24.3 Å². The van der Waals surface area contributed by atoms with Crippen LogP contribution in [-0.4, -0.2) is 42.6 Å². The molecule has 0 saturated carbocycles. The number of halogens is 2. The predicted octanol–water partition coefficient (Wildman–Crippen LogP) is 4.84. The van der Waals surface area contributed by atoms with Crippen LogP contribution in [0.5, 0.6) is 0 Å². The van der Waals surface area contributed by atoms with Gasteiger partial charge < -0.3 is 10.2 Å². The first-order valence-corrected chi connectivity index (χ1v) is 10.5. The molecule has 150 valence electrons. The van der Waals surface area contributed by atoms with Crippen LogP contribution in [0.3, 0.4) is 0 Å². The Hall–Kier alpha value is -2.29. The molecule has 0 aromatic heterocycles. The second-order valence-corrected chi connectivity index (χ2v) is 8.69. The Labute approximate surface area is 186 Å². The molecule has 0 bridgehead atoms. The van der Waals surface area contributed by atoms with Gasteiger partial charge in [-0.05, 0) is 69.7 Å². The molecular formula is C20H17BrClN3O3S. The third-order valence-corrected chi connectivity index (χ3v) is 6.23. The number of hydrogen-bond acceptors (Lipinski definition) is 5. The first kappa shape index (κ1) is 21.4. The molecule has 1 aliphatic heterocycles. The third-order valence-electron chi connectivity index (χ3n) is 4.09. The highest BCUT2D eigenvalue weighted by molar-refractivity contribution is 9.10. The molecule has 1 fully saturated rings. The van der Waals surface area contributed by atoms with Gasteiger partial charge in [0, 0.05) is 29.9 Å². The van der Waals surface area contributed by atoms with Crippen molar-refractivity contribution < 1.29 is 14.4 Å². The Morgan fingerprint density at radius 3 is 2.52 bits per heavy atom. The van der Waals surface area contributed by atoms with Crippen LogP contribution in [0.25, 0.3) is 6.08 Å². The first-order valence-electron chi connectivity index (χ1n) is 8.52. The molecule has 0 unspecified atom stereocenters. The lowest BCUT2D eigenvalue weighted by Gasteiger charge is -2.13. The molecule has 1 aliphatic rings. The van der Waals surface area contributed by atoms with Crippen molar-refractivity contribution >= 4 is 73.8 Å². The van der Waals surface area contributed by atoms with Gasteiger partial charge in [0.1, 0.15) is 6.54 Å². The molecule has 1 N–H and O–H groups in total. The van der Waals surface area contributed by atoms with E-state index in [1.807, 2.05) is 43.3 Å². The van der Waals surface area contributed by atoms with Crippen LogP contribution < -0.4 is 10.2 Å². The van der Waals surface area contributed by atoms with Gasteiger partial charge in [0.15, 0.2) is 0 Å². The van der Waals surface area contributed by atoms with E-state index in [9.17, 15) is 14.4 Å². The monoisotopic (exact) mass is 493 g/mol. The van der Waals surface area contributed by atoms with Gasteiger partial charge in [-0.3, -0.25) is 19.3 Å². The summed E-state index contributed by atoms with van der Waals surface area (Å²) in [6.45, 7) is -0.366. The number of thioether (sulfide) groups is 1. The molecule has 0 atom stereocenters. The second kappa shape index (κ2) is 9.02. The van der Waals surface area contributed by atoms with Crippen LogP contribution in [-0.2, 0) is 9.59 Å². The number of hydrogen-bond donors (Lipinski definition) is 1. The Bertz CT molecular complexity index is 1010. The van der Waals surface area contributed by atoms with Gasteiger partial charge in [-0.25, -0.2) is 0 Å². The number of nitrogens with one attached hydrogen (secondary N) is 1. The third kappa shape index (κ3) is 5.20. The molecule has 3 rings (SSSR count). The topological polar surface area (TPSA) is 69.7 Å². The number of carbonyl (C=O) groups excluding carboxylic acids is 3. The number of amides is 3. The van der Waals surface area contributed by atoms with Crippen LogP contribution in [0.15, 0.2) is 51.8 Å². The van der Waals surface area contributed by atoms with Gasteiger partial charge in [-0.15, -0.1) is 0 Å². The molecule has 0 spiro atoms. The maximum atomic E-state index is 12.6. The number of benzene rings is 2. The minimum atomic E-state index is -0.485. The Morgan fingerprint density at radius 2 is 1.90 bits per heavy atom. The Kier molecular flexibility index (Phi) is 6.66. The van der Waals surface area contributed by atoms with E-state index >= 15 is 0 Å². The lowest BCUT2D eigenvalue weighted by atomic mass is 10.2. The second-order valence-electron chi connectivity index (χ2n) is 6.43. The highest BCUT2D eigenvalue weighted by Gasteiger charge is 2.36. The van der Waals surface area contributed by atoms with Crippen molar-refractivity contribution in [2.75, 3.05) is 30.9 Å². The van der Waals surface area contributed by atoms with Crippen molar-refractivity contribution in [3.05, 3.63) is 62.4 Å². The summed E-state index contributed by atoms with van der Waals surface area (Å²) in [6.07, 6.45) is 1.65. The zero-order valence-electron chi connectivity index (χ0n) is 15.6. The smallest absolute Gasteiger partial charge is 0.294 e. The summed E-state index contributed by atoms with van der Waals surface area (Å²) in [4.78, 5) is 40.3. The van der Waals surface area contributed by atoms with E-state index in [0.717, 1.165) is 27.9 Å². The van der Waals surface area contributed by atoms with Crippen molar-refractivity contribution in [3.8, 4) is 0 Å².